The van der Waals surface area contributed by atoms with E-state index in [1.54, 1.807) is 19.1 Å². The zero-order valence-corrected chi connectivity index (χ0v) is 12.1. The summed E-state index contributed by atoms with van der Waals surface area (Å²) in [6.07, 6.45) is 5.00. The average molecular weight is 273 g/mol. The van der Waals surface area contributed by atoms with Gasteiger partial charge in [-0.05, 0) is 24.6 Å². The Kier molecular flexibility index (Phi) is 3.05. The smallest absolute Gasteiger partial charge is 0.264 e. The molecule has 3 rings (SSSR count). The van der Waals surface area contributed by atoms with Gasteiger partial charge in [0.1, 0.15) is 5.75 Å². The number of hydrogen-bond donors (Lipinski definition) is 0. The second kappa shape index (κ2) is 4.63. The van der Waals surface area contributed by atoms with Crippen molar-refractivity contribution >= 4 is 11.6 Å². The summed E-state index contributed by atoms with van der Waals surface area (Å²) < 4.78 is 11.4. The largest absolute Gasteiger partial charge is 0.497 e. The number of ether oxygens (including phenoxy) is 2. The molecule has 4 nitrogen and oxygen atoms in total. The van der Waals surface area contributed by atoms with Gasteiger partial charge in [0, 0.05) is 18.5 Å². The van der Waals surface area contributed by atoms with Gasteiger partial charge in [-0.3, -0.25) is 4.79 Å². The number of anilines is 1. The molecule has 0 unspecified atom stereocenters. The molecule has 4 heteroatoms. The van der Waals surface area contributed by atoms with Crippen LogP contribution in [0.25, 0.3) is 0 Å². The van der Waals surface area contributed by atoms with Crippen molar-refractivity contribution in [3.63, 3.8) is 0 Å². The second-order valence-corrected chi connectivity index (χ2v) is 5.34. The van der Waals surface area contributed by atoms with Crippen molar-refractivity contribution in [2.45, 2.75) is 18.9 Å². The highest BCUT2D eigenvalue weighted by molar-refractivity contribution is 6.07. The van der Waals surface area contributed by atoms with Crippen LogP contribution in [-0.2, 0) is 15.1 Å². The van der Waals surface area contributed by atoms with Crippen LogP contribution in [0.1, 0.15) is 18.9 Å². The van der Waals surface area contributed by atoms with Crippen molar-refractivity contribution in [1.29, 1.82) is 0 Å². The number of amides is 1. The van der Waals surface area contributed by atoms with E-state index in [1.165, 1.54) is 0 Å². The lowest BCUT2D eigenvalue weighted by Crippen LogP contribution is -2.45. The lowest BCUT2D eigenvalue weighted by atomic mass is 9.83. The van der Waals surface area contributed by atoms with E-state index in [4.69, 9.17) is 9.47 Å². The number of hydrogen-bond acceptors (Lipinski definition) is 3. The molecule has 20 heavy (non-hydrogen) atoms. The molecule has 2 atom stereocenters. The van der Waals surface area contributed by atoms with Gasteiger partial charge >= 0.3 is 0 Å². The molecule has 1 amide bonds. The van der Waals surface area contributed by atoms with E-state index in [1.807, 2.05) is 25.1 Å². The predicted octanol–water partition coefficient (Wildman–Crippen LogP) is 2.48. The summed E-state index contributed by atoms with van der Waals surface area (Å²) in [7, 11) is 3.43. The Morgan fingerprint density at radius 1 is 1.45 bits per heavy atom. The highest BCUT2D eigenvalue weighted by Gasteiger charge is 2.54. The van der Waals surface area contributed by atoms with Crippen LogP contribution >= 0.6 is 0 Å². The molecule has 0 N–H and O–H groups in total. The van der Waals surface area contributed by atoms with Crippen molar-refractivity contribution < 1.29 is 14.3 Å². The molecule has 1 aromatic carbocycles. The fourth-order valence-corrected chi connectivity index (χ4v) is 3.14. The Bertz CT molecular complexity index is 581. The van der Waals surface area contributed by atoms with Gasteiger partial charge in [-0.25, -0.2) is 0 Å². The van der Waals surface area contributed by atoms with Gasteiger partial charge in [0.25, 0.3) is 5.91 Å². The van der Waals surface area contributed by atoms with Crippen LogP contribution in [0.3, 0.4) is 0 Å². The van der Waals surface area contributed by atoms with Crippen LogP contribution in [0.5, 0.6) is 5.75 Å². The molecule has 0 saturated carbocycles. The Hall–Kier alpha value is -1.81. The first-order valence-corrected chi connectivity index (χ1v) is 6.88. The number of nitrogens with zero attached hydrogens (tertiary/aromatic N) is 1. The van der Waals surface area contributed by atoms with Gasteiger partial charge < -0.3 is 14.4 Å². The minimum atomic E-state index is -0.911. The SMILES string of the molecule is COc1ccc2c(c1)[C@@]1(OCCC=C[C@H]1C)C(=O)N2C. The van der Waals surface area contributed by atoms with E-state index in [0.29, 0.717) is 6.61 Å². The van der Waals surface area contributed by atoms with Crippen molar-refractivity contribution in [2.75, 3.05) is 25.7 Å². The summed E-state index contributed by atoms with van der Waals surface area (Å²) in [5.74, 6) is 0.739. The minimum Gasteiger partial charge on any atom is -0.497 e. The van der Waals surface area contributed by atoms with Crippen LogP contribution in [0, 0.1) is 5.92 Å². The third-order valence-electron chi connectivity index (χ3n) is 4.27. The lowest BCUT2D eigenvalue weighted by Gasteiger charge is -2.31. The molecule has 2 aliphatic rings. The molecule has 0 aliphatic carbocycles. The summed E-state index contributed by atoms with van der Waals surface area (Å²) in [6, 6.07) is 5.72. The van der Waals surface area contributed by atoms with Crippen LogP contribution < -0.4 is 9.64 Å². The van der Waals surface area contributed by atoms with E-state index in [-0.39, 0.29) is 11.8 Å². The number of benzene rings is 1. The molecule has 1 aromatic rings. The zero-order valence-electron chi connectivity index (χ0n) is 12.1. The first-order valence-electron chi connectivity index (χ1n) is 6.88. The molecule has 106 valence electrons. The average Bonchev–Trinajstić information content (AvgIpc) is 2.60. The molecule has 2 heterocycles. The topological polar surface area (TPSA) is 38.8 Å². The van der Waals surface area contributed by atoms with Gasteiger partial charge in [-0.1, -0.05) is 19.1 Å². The minimum absolute atomic E-state index is 0.000182. The number of carbonyl (C=O) groups is 1. The van der Waals surface area contributed by atoms with E-state index < -0.39 is 5.60 Å². The third-order valence-corrected chi connectivity index (χ3v) is 4.27. The van der Waals surface area contributed by atoms with Crippen molar-refractivity contribution in [3.05, 3.63) is 35.9 Å². The molecular formula is C16H19NO3. The summed E-state index contributed by atoms with van der Waals surface area (Å²) in [5.41, 5.74) is 0.896. The van der Waals surface area contributed by atoms with Crippen molar-refractivity contribution in [2.24, 2.45) is 5.92 Å². The quantitative estimate of drug-likeness (QED) is 0.738. The normalized spacial score (nSPS) is 28.6. The maximum atomic E-state index is 12.8. The van der Waals surface area contributed by atoms with E-state index in [2.05, 4.69) is 12.2 Å². The van der Waals surface area contributed by atoms with E-state index in [0.717, 1.165) is 23.4 Å². The first kappa shape index (κ1) is 13.2. The molecule has 2 aliphatic heterocycles. The first-order chi connectivity index (χ1) is 9.61. The number of rotatable bonds is 1. The Morgan fingerprint density at radius 3 is 3.00 bits per heavy atom. The number of fused-ring (bicyclic) bond motifs is 2. The van der Waals surface area contributed by atoms with Crippen LogP contribution in [0.4, 0.5) is 5.69 Å². The second-order valence-electron chi connectivity index (χ2n) is 5.34. The maximum absolute atomic E-state index is 12.8. The highest BCUT2D eigenvalue weighted by atomic mass is 16.5. The highest BCUT2D eigenvalue weighted by Crippen LogP contribution is 2.49. The molecule has 0 radical (unpaired) electrons. The zero-order chi connectivity index (χ0) is 14.3. The summed E-state index contributed by atoms with van der Waals surface area (Å²) >= 11 is 0. The molecule has 0 bridgehead atoms. The fourth-order valence-electron chi connectivity index (χ4n) is 3.14. The van der Waals surface area contributed by atoms with Gasteiger partial charge in [-0.15, -0.1) is 0 Å². The monoisotopic (exact) mass is 273 g/mol. The fraction of sp³-hybridized carbons (Fsp3) is 0.438. The summed E-state index contributed by atoms with van der Waals surface area (Å²) in [5, 5.41) is 0. The van der Waals surface area contributed by atoms with Gasteiger partial charge in [-0.2, -0.15) is 0 Å². The van der Waals surface area contributed by atoms with Gasteiger partial charge in [0.2, 0.25) is 0 Å². The Labute approximate surface area is 119 Å². The number of likely N-dealkylation sites (N-methyl/N-ethyl adjacent to an activating group) is 1. The van der Waals surface area contributed by atoms with Crippen LogP contribution in [-0.4, -0.2) is 26.7 Å². The van der Waals surface area contributed by atoms with E-state index >= 15 is 0 Å². The third kappa shape index (κ3) is 1.61. The molecule has 1 spiro atoms. The van der Waals surface area contributed by atoms with Gasteiger partial charge in [0.05, 0.1) is 19.4 Å². The maximum Gasteiger partial charge on any atom is 0.264 e. The van der Waals surface area contributed by atoms with Crippen LogP contribution in [0.15, 0.2) is 30.4 Å². The molecule has 0 saturated heterocycles. The predicted molar refractivity (Wildman–Crippen MR) is 77.0 cm³/mol. The van der Waals surface area contributed by atoms with E-state index in [9.17, 15) is 4.79 Å². The summed E-state index contributed by atoms with van der Waals surface area (Å²) in [6.45, 7) is 2.58. The number of carbonyl (C=O) groups excluding carboxylic acids is 1. The Morgan fingerprint density at radius 2 is 2.25 bits per heavy atom. The Balaban J connectivity index is 2.21. The molecule has 0 aromatic heterocycles. The van der Waals surface area contributed by atoms with Crippen LogP contribution in [0.2, 0.25) is 0 Å². The number of methoxy groups -OCH3 is 1. The summed E-state index contributed by atoms with van der Waals surface area (Å²) in [4.78, 5) is 14.5. The van der Waals surface area contributed by atoms with Crippen molar-refractivity contribution in [1.82, 2.24) is 0 Å². The molecular weight excluding hydrogens is 254 g/mol. The molecule has 0 fully saturated rings. The van der Waals surface area contributed by atoms with Crippen molar-refractivity contribution in [3.8, 4) is 5.75 Å². The van der Waals surface area contributed by atoms with Gasteiger partial charge in [0.15, 0.2) is 5.60 Å². The standard InChI is InChI=1S/C16H19NO3/c1-11-6-4-5-9-20-16(11)13-10-12(19-3)7-8-14(13)17(2)15(16)18/h4,6-8,10-11H,5,9H2,1-3H3/t11-,16-/m1/s1. The lowest BCUT2D eigenvalue weighted by molar-refractivity contribution is -0.148.